The molecule has 1 amide bonds. The van der Waals surface area contributed by atoms with Crippen LogP contribution in [0.4, 0.5) is 10.1 Å². The normalized spacial score (nSPS) is 10.8. The van der Waals surface area contributed by atoms with Gasteiger partial charge < -0.3 is 15.0 Å². The second-order valence-corrected chi connectivity index (χ2v) is 7.33. The number of anilines is 1. The first-order valence-corrected chi connectivity index (χ1v) is 9.59. The van der Waals surface area contributed by atoms with E-state index in [9.17, 15) is 14.0 Å². The van der Waals surface area contributed by atoms with Crippen LogP contribution in [0.2, 0.25) is 0 Å². The Balaban J connectivity index is 1.46. The minimum Gasteiger partial charge on any atom is -0.489 e. The summed E-state index contributed by atoms with van der Waals surface area (Å²) in [7, 11) is 0. The third kappa shape index (κ3) is 3.88. The summed E-state index contributed by atoms with van der Waals surface area (Å²) in [5.74, 6) is -0.0756. The summed E-state index contributed by atoms with van der Waals surface area (Å²) in [4.78, 5) is 32.2. The predicted octanol–water partition coefficient (Wildman–Crippen LogP) is 4.26. The minimum absolute atomic E-state index is 0.112. The molecule has 0 atom stereocenters. The van der Waals surface area contributed by atoms with Crippen LogP contribution in [0.25, 0.3) is 10.2 Å². The Kier molecular flexibility index (Phi) is 5.09. The van der Waals surface area contributed by atoms with Crippen molar-refractivity contribution in [3.05, 3.63) is 87.0 Å². The van der Waals surface area contributed by atoms with Crippen LogP contribution in [0.15, 0.2) is 59.7 Å². The van der Waals surface area contributed by atoms with Gasteiger partial charge in [0.15, 0.2) is 0 Å². The number of fused-ring (bicyclic) bond motifs is 1. The molecule has 2 heterocycles. The Hall–Kier alpha value is -3.52. The standard InChI is InChI=1S/C21H16FN3O3S/c1-12-17-19(26)23-11-24-21(17)29-18(12)20(27)25-14-6-8-15(9-7-14)28-10-13-4-2-3-5-16(13)22/h2-9,11H,10H2,1H3,(H,25,27)(H,23,24,26). The van der Waals surface area contributed by atoms with Crippen molar-refractivity contribution < 1.29 is 13.9 Å². The topological polar surface area (TPSA) is 84.1 Å². The Morgan fingerprint density at radius 1 is 1.21 bits per heavy atom. The predicted molar refractivity (Wildman–Crippen MR) is 110 cm³/mol. The van der Waals surface area contributed by atoms with Gasteiger partial charge in [0.2, 0.25) is 0 Å². The van der Waals surface area contributed by atoms with Crippen molar-refractivity contribution in [3.63, 3.8) is 0 Å². The van der Waals surface area contributed by atoms with E-state index in [1.54, 1.807) is 49.4 Å². The highest BCUT2D eigenvalue weighted by molar-refractivity contribution is 7.20. The molecule has 4 rings (SSSR count). The molecule has 0 aliphatic heterocycles. The monoisotopic (exact) mass is 409 g/mol. The van der Waals surface area contributed by atoms with E-state index in [2.05, 4.69) is 15.3 Å². The van der Waals surface area contributed by atoms with Crippen molar-refractivity contribution in [3.8, 4) is 5.75 Å². The van der Waals surface area contributed by atoms with Crippen molar-refractivity contribution in [1.29, 1.82) is 0 Å². The number of H-pyrrole nitrogens is 1. The van der Waals surface area contributed by atoms with Crippen molar-refractivity contribution in [1.82, 2.24) is 9.97 Å². The number of carbonyl (C=O) groups excluding carboxylic acids is 1. The van der Waals surface area contributed by atoms with Gasteiger partial charge in [-0.25, -0.2) is 9.37 Å². The summed E-state index contributed by atoms with van der Waals surface area (Å²) < 4.78 is 19.2. The van der Waals surface area contributed by atoms with Gasteiger partial charge in [-0.15, -0.1) is 11.3 Å². The number of benzene rings is 2. The fraction of sp³-hybridized carbons (Fsp3) is 0.0952. The first-order chi connectivity index (χ1) is 14.0. The Labute approximate surface area is 169 Å². The number of aryl methyl sites for hydroxylation is 1. The molecule has 0 spiro atoms. The van der Waals surface area contributed by atoms with Gasteiger partial charge in [-0.1, -0.05) is 18.2 Å². The van der Waals surface area contributed by atoms with E-state index >= 15 is 0 Å². The molecule has 0 fully saturated rings. The zero-order valence-corrected chi connectivity index (χ0v) is 16.2. The van der Waals surface area contributed by atoms with E-state index in [4.69, 9.17) is 4.74 Å². The Bertz CT molecular complexity index is 1250. The number of aromatic nitrogens is 2. The lowest BCUT2D eigenvalue weighted by Gasteiger charge is -2.09. The molecule has 0 bridgehead atoms. The van der Waals surface area contributed by atoms with Crippen LogP contribution in [0.5, 0.6) is 5.75 Å². The molecule has 2 aromatic heterocycles. The highest BCUT2D eigenvalue weighted by Crippen LogP contribution is 2.27. The highest BCUT2D eigenvalue weighted by Gasteiger charge is 2.18. The molecular formula is C21H16FN3O3S. The van der Waals surface area contributed by atoms with Crippen LogP contribution in [0.3, 0.4) is 0 Å². The van der Waals surface area contributed by atoms with E-state index in [-0.39, 0.29) is 23.9 Å². The van der Waals surface area contributed by atoms with Crippen molar-refractivity contribution in [2.24, 2.45) is 0 Å². The van der Waals surface area contributed by atoms with Crippen molar-refractivity contribution in [2.45, 2.75) is 13.5 Å². The largest absolute Gasteiger partial charge is 0.489 e. The lowest BCUT2D eigenvalue weighted by Crippen LogP contribution is -2.12. The van der Waals surface area contributed by atoms with Gasteiger partial charge in [-0.2, -0.15) is 0 Å². The summed E-state index contributed by atoms with van der Waals surface area (Å²) in [5, 5.41) is 3.24. The van der Waals surface area contributed by atoms with Gasteiger partial charge in [-0.05, 0) is 42.8 Å². The quantitative estimate of drug-likeness (QED) is 0.516. The molecule has 0 saturated heterocycles. The fourth-order valence-electron chi connectivity index (χ4n) is 2.89. The Morgan fingerprint density at radius 2 is 1.97 bits per heavy atom. The molecule has 29 heavy (non-hydrogen) atoms. The molecule has 0 radical (unpaired) electrons. The second-order valence-electron chi connectivity index (χ2n) is 6.33. The SMILES string of the molecule is Cc1c(C(=O)Nc2ccc(OCc3ccccc3F)cc2)sc2nc[nH]c(=O)c12. The number of hydrogen-bond donors (Lipinski definition) is 2. The molecule has 146 valence electrons. The molecule has 0 saturated carbocycles. The number of thiophene rings is 1. The average molecular weight is 409 g/mol. The molecule has 6 nitrogen and oxygen atoms in total. The van der Waals surface area contributed by atoms with Gasteiger partial charge in [0.05, 0.1) is 16.6 Å². The fourth-order valence-corrected chi connectivity index (χ4v) is 3.94. The van der Waals surface area contributed by atoms with Crippen LogP contribution >= 0.6 is 11.3 Å². The Morgan fingerprint density at radius 3 is 2.69 bits per heavy atom. The van der Waals surface area contributed by atoms with E-state index < -0.39 is 0 Å². The van der Waals surface area contributed by atoms with Gasteiger partial charge in [-0.3, -0.25) is 9.59 Å². The summed E-state index contributed by atoms with van der Waals surface area (Å²) in [5.41, 5.74) is 1.38. The highest BCUT2D eigenvalue weighted by atomic mass is 32.1. The van der Waals surface area contributed by atoms with Crippen LogP contribution in [0, 0.1) is 12.7 Å². The molecular weight excluding hydrogens is 393 g/mol. The number of hydrogen-bond acceptors (Lipinski definition) is 5. The molecule has 8 heteroatoms. The van der Waals surface area contributed by atoms with E-state index in [0.717, 1.165) is 0 Å². The summed E-state index contributed by atoms with van der Waals surface area (Å²) in [6, 6.07) is 13.2. The first kappa shape index (κ1) is 18.8. The number of rotatable bonds is 5. The lowest BCUT2D eigenvalue weighted by atomic mass is 10.2. The smallest absolute Gasteiger partial charge is 0.266 e. The van der Waals surface area contributed by atoms with Crippen LogP contribution in [-0.2, 0) is 6.61 Å². The maximum absolute atomic E-state index is 13.6. The van der Waals surface area contributed by atoms with E-state index in [0.29, 0.717) is 37.7 Å². The molecule has 0 unspecified atom stereocenters. The lowest BCUT2D eigenvalue weighted by molar-refractivity contribution is 0.103. The van der Waals surface area contributed by atoms with Crippen LogP contribution < -0.4 is 15.6 Å². The molecule has 0 aliphatic rings. The number of ether oxygens (including phenoxy) is 1. The molecule has 2 aromatic carbocycles. The second kappa shape index (κ2) is 7.84. The number of nitrogens with zero attached hydrogens (tertiary/aromatic N) is 1. The molecule has 4 aromatic rings. The van der Waals surface area contributed by atoms with Gasteiger partial charge in [0, 0.05) is 11.3 Å². The van der Waals surface area contributed by atoms with E-state index in [1.807, 2.05) is 0 Å². The van der Waals surface area contributed by atoms with Crippen molar-refractivity contribution in [2.75, 3.05) is 5.32 Å². The summed E-state index contributed by atoms with van der Waals surface area (Å²) in [6.07, 6.45) is 1.32. The summed E-state index contributed by atoms with van der Waals surface area (Å²) in [6.45, 7) is 1.84. The maximum Gasteiger partial charge on any atom is 0.266 e. The first-order valence-electron chi connectivity index (χ1n) is 8.77. The number of amides is 1. The zero-order valence-electron chi connectivity index (χ0n) is 15.4. The zero-order chi connectivity index (χ0) is 20.4. The van der Waals surface area contributed by atoms with Gasteiger partial charge in [0.25, 0.3) is 11.5 Å². The van der Waals surface area contributed by atoms with Crippen molar-refractivity contribution >= 4 is 33.1 Å². The van der Waals surface area contributed by atoms with E-state index in [1.165, 1.54) is 23.7 Å². The number of nitrogens with one attached hydrogen (secondary N) is 2. The maximum atomic E-state index is 13.6. The van der Waals surface area contributed by atoms with Crippen LogP contribution in [0.1, 0.15) is 20.8 Å². The van der Waals surface area contributed by atoms with Gasteiger partial charge >= 0.3 is 0 Å². The molecule has 0 aliphatic carbocycles. The molecule has 2 N–H and O–H groups in total. The average Bonchev–Trinajstić information content (AvgIpc) is 3.06. The number of halogens is 1. The number of aromatic amines is 1. The number of carbonyl (C=O) groups is 1. The summed E-state index contributed by atoms with van der Waals surface area (Å²) >= 11 is 1.17. The third-order valence-electron chi connectivity index (χ3n) is 4.40. The van der Waals surface area contributed by atoms with Gasteiger partial charge in [0.1, 0.15) is 23.0 Å². The van der Waals surface area contributed by atoms with Crippen LogP contribution in [-0.4, -0.2) is 15.9 Å². The minimum atomic E-state index is -0.316. The third-order valence-corrected chi connectivity index (χ3v) is 5.60.